The molecule has 0 aromatic heterocycles. The molecule has 0 bridgehead atoms. The van der Waals surface area contributed by atoms with Crippen LogP contribution in [-0.4, -0.2) is 37.2 Å². The molecule has 0 aliphatic heterocycles. The largest absolute Gasteiger partial charge is 0.462 e. The van der Waals surface area contributed by atoms with Gasteiger partial charge >= 0.3 is 17.9 Å². The van der Waals surface area contributed by atoms with E-state index in [-0.39, 0.29) is 31.1 Å². The summed E-state index contributed by atoms with van der Waals surface area (Å²) in [4.78, 5) is 37.6. The van der Waals surface area contributed by atoms with Gasteiger partial charge in [0, 0.05) is 19.3 Å². The summed E-state index contributed by atoms with van der Waals surface area (Å²) in [6.45, 7) is 8.91. The van der Waals surface area contributed by atoms with Gasteiger partial charge in [-0.05, 0) is 25.2 Å². The molecular formula is C44H84O6. The Morgan fingerprint density at radius 3 is 0.980 bits per heavy atom. The molecule has 0 aromatic rings. The minimum absolute atomic E-state index is 0.0651. The molecule has 50 heavy (non-hydrogen) atoms. The number of carbonyl (C=O) groups is 3. The average molecular weight is 709 g/mol. The lowest BCUT2D eigenvalue weighted by molar-refractivity contribution is -0.167. The summed E-state index contributed by atoms with van der Waals surface area (Å²) in [5, 5.41) is 0. The van der Waals surface area contributed by atoms with Gasteiger partial charge in [0.1, 0.15) is 13.2 Å². The van der Waals surface area contributed by atoms with Crippen molar-refractivity contribution < 1.29 is 28.6 Å². The number of rotatable bonds is 39. The monoisotopic (exact) mass is 709 g/mol. The van der Waals surface area contributed by atoms with Gasteiger partial charge < -0.3 is 14.2 Å². The molecule has 0 aliphatic carbocycles. The van der Waals surface area contributed by atoms with Crippen LogP contribution in [0.15, 0.2) is 0 Å². The summed E-state index contributed by atoms with van der Waals surface area (Å²) in [6.07, 6.45) is 36.7. The van der Waals surface area contributed by atoms with Gasteiger partial charge in [-0.15, -0.1) is 0 Å². The molecule has 0 unspecified atom stereocenters. The van der Waals surface area contributed by atoms with Crippen LogP contribution in [0.5, 0.6) is 0 Å². The van der Waals surface area contributed by atoms with Gasteiger partial charge in [0.2, 0.25) is 0 Å². The first-order valence-electron chi connectivity index (χ1n) is 21.9. The molecule has 0 rings (SSSR count). The number of carbonyl (C=O) groups excluding carboxylic acids is 3. The number of ether oxygens (including phenoxy) is 3. The average Bonchev–Trinajstić information content (AvgIpc) is 3.09. The molecule has 0 amide bonds. The van der Waals surface area contributed by atoms with E-state index >= 15 is 0 Å². The van der Waals surface area contributed by atoms with Gasteiger partial charge in [-0.2, -0.15) is 0 Å². The van der Waals surface area contributed by atoms with Gasteiger partial charge in [0.25, 0.3) is 0 Å². The predicted octanol–water partition coefficient (Wildman–Crippen LogP) is 13.6. The van der Waals surface area contributed by atoms with Crippen molar-refractivity contribution in [1.29, 1.82) is 0 Å². The minimum atomic E-state index is -0.759. The maximum Gasteiger partial charge on any atom is 0.306 e. The fourth-order valence-corrected chi connectivity index (χ4v) is 6.45. The van der Waals surface area contributed by atoms with Gasteiger partial charge in [-0.3, -0.25) is 14.4 Å². The van der Waals surface area contributed by atoms with Crippen LogP contribution in [0.2, 0.25) is 0 Å². The third kappa shape index (κ3) is 37.7. The van der Waals surface area contributed by atoms with E-state index in [9.17, 15) is 14.4 Å². The minimum Gasteiger partial charge on any atom is -0.462 e. The first kappa shape index (κ1) is 48.4. The number of hydrogen-bond donors (Lipinski definition) is 0. The molecule has 0 spiro atoms. The van der Waals surface area contributed by atoms with E-state index in [0.717, 1.165) is 63.7 Å². The second-order valence-corrected chi connectivity index (χ2v) is 15.5. The van der Waals surface area contributed by atoms with Crippen LogP contribution in [-0.2, 0) is 28.6 Å². The first-order chi connectivity index (χ1) is 24.4. The van der Waals surface area contributed by atoms with Crippen molar-refractivity contribution in [3.05, 3.63) is 0 Å². The van der Waals surface area contributed by atoms with Crippen molar-refractivity contribution in [1.82, 2.24) is 0 Å². The van der Waals surface area contributed by atoms with E-state index < -0.39 is 6.10 Å². The molecule has 0 aliphatic rings. The lowest BCUT2D eigenvalue weighted by atomic mass is 10.0. The molecular weight excluding hydrogens is 624 g/mol. The van der Waals surface area contributed by atoms with Crippen molar-refractivity contribution >= 4 is 17.9 Å². The molecule has 1 atom stereocenters. The van der Waals surface area contributed by atoms with Crippen molar-refractivity contribution in [2.24, 2.45) is 5.92 Å². The topological polar surface area (TPSA) is 78.9 Å². The fourth-order valence-electron chi connectivity index (χ4n) is 6.45. The Balaban J connectivity index is 4.32. The summed E-state index contributed by atoms with van der Waals surface area (Å²) in [7, 11) is 0. The molecule has 6 nitrogen and oxygen atoms in total. The van der Waals surface area contributed by atoms with Crippen LogP contribution in [0.1, 0.15) is 240 Å². The summed E-state index contributed by atoms with van der Waals surface area (Å²) < 4.78 is 16.7. The summed E-state index contributed by atoms with van der Waals surface area (Å²) >= 11 is 0. The summed E-state index contributed by atoms with van der Waals surface area (Å²) in [5.74, 6) is -0.103. The molecule has 0 heterocycles. The lowest BCUT2D eigenvalue weighted by Crippen LogP contribution is -2.30. The molecule has 296 valence electrons. The molecule has 0 aromatic carbocycles. The van der Waals surface area contributed by atoms with Crippen LogP contribution in [0.4, 0.5) is 0 Å². The van der Waals surface area contributed by atoms with Crippen molar-refractivity contribution in [3.8, 4) is 0 Å². The highest BCUT2D eigenvalue weighted by molar-refractivity contribution is 5.71. The standard InChI is InChI=1S/C44H84O6/c1-5-7-9-11-13-15-17-19-21-23-28-32-36-43(46)49-39-41(50-44(47)37-33-29-25-24-26-30-34-40(3)4)38-48-42(45)35-31-27-22-20-18-16-14-12-10-8-6-2/h40-41H,5-39H2,1-4H3/t41-/m1/s1. The van der Waals surface area contributed by atoms with E-state index in [1.807, 2.05) is 0 Å². The second kappa shape index (κ2) is 38.6. The highest BCUT2D eigenvalue weighted by atomic mass is 16.6. The predicted molar refractivity (Wildman–Crippen MR) is 210 cm³/mol. The van der Waals surface area contributed by atoms with Crippen LogP contribution in [0, 0.1) is 5.92 Å². The molecule has 0 radical (unpaired) electrons. The Bertz CT molecular complexity index is 751. The van der Waals surface area contributed by atoms with Crippen molar-refractivity contribution in [2.45, 2.75) is 246 Å². The van der Waals surface area contributed by atoms with Crippen molar-refractivity contribution in [2.75, 3.05) is 13.2 Å². The summed E-state index contributed by atoms with van der Waals surface area (Å²) in [6, 6.07) is 0. The Hall–Kier alpha value is -1.59. The van der Waals surface area contributed by atoms with E-state index in [2.05, 4.69) is 27.7 Å². The summed E-state index contributed by atoms with van der Waals surface area (Å²) in [5.41, 5.74) is 0. The van der Waals surface area contributed by atoms with Crippen LogP contribution < -0.4 is 0 Å². The van der Waals surface area contributed by atoms with Crippen LogP contribution in [0.3, 0.4) is 0 Å². The quantitative estimate of drug-likeness (QED) is 0.0359. The van der Waals surface area contributed by atoms with Crippen LogP contribution in [0.25, 0.3) is 0 Å². The normalized spacial score (nSPS) is 11.9. The van der Waals surface area contributed by atoms with Crippen LogP contribution >= 0.6 is 0 Å². The van der Waals surface area contributed by atoms with E-state index in [1.54, 1.807) is 0 Å². The first-order valence-corrected chi connectivity index (χ1v) is 21.9. The SMILES string of the molecule is CCCCCCCCCCCCCCC(=O)OC[C@@H](COC(=O)CCCCCCCCCCCCC)OC(=O)CCCCCCCCC(C)C. The number of esters is 3. The number of hydrogen-bond acceptors (Lipinski definition) is 6. The highest BCUT2D eigenvalue weighted by Crippen LogP contribution is 2.15. The Morgan fingerprint density at radius 1 is 0.380 bits per heavy atom. The molecule has 0 saturated heterocycles. The second-order valence-electron chi connectivity index (χ2n) is 15.5. The third-order valence-electron chi connectivity index (χ3n) is 9.79. The Morgan fingerprint density at radius 2 is 0.660 bits per heavy atom. The maximum atomic E-state index is 12.6. The smallest absolute Gasteiger partial charge is 0.306 e. The van der Waals surface area contributed by atoms with Gasteiger partial charge in [0.15, 0.2) is 6.10 Å². The fraction of sp³-hybridized carbons (Fsp3) is 0.932. The molecule has 0 N–H and O–H groups in total. The van der Waals surface area contributed by atoms with E-state index in [0.29, 0.717) is 19.3 Å². The lowest BCUT2D eigenvalue weighted by Gasteiger charge is -2.18. The van der Waals surface area contributed by atoms with Gasteiger partial charge in [0.05, 0.1) is 0 Å². The number of unbranched alkanes of at least 4 members (excludes halogenated alkanes) is 26. The molecule has 6 heteroatoms. The van der Waals surface area contributed by atoms with E-state index in [1.165, 1.54) is 135 Å². The van der Waals surface area contributed by atoms with Crippen molar-refractivity contribution in [3.63, 3.8) is 0 Å². The van der Waals surface area contributed by atoms with Gasteiger partial charge in [-0.1, -0.05) is 201 Å². The maximum absolute atomic E-state index is 12.6. The van der Waals surface area contributed by atoms with E-state index in [4.69, 9.17) is 14.2 Å². The zero-order chi connectivity index (χ0) is 36.8. The Kier molecular flexibility index (Phi) is 37.4. The van der Waals surface area contributed by atoms with Gasteiger partial charge in [-0.25, -0.2) is 0 Å². The molecule has 0 saturated carbocycles. The highest BCUT2D eigenvalue weighted by Gasteiger charge is 2.19. The third-order valence-corrected chi connectivity index (χ3v) is 9.79. The zero-order valence-electron chi connectivity index (χ0n) is 33.9. The molecule has 0 fully saturated rings. The Labute approximate surface area is 310 Å². The zero-order valence-corrected chi connectivity index (χ0v) is 33.9.